The van der Waals surface area contributed by atoms with Crippen molar-refractivity contribution < 1.29 is 14.3 Å². The minimum Gasteiger partial charge on any atom is -0.444 e. The van der Waals surface area contributed by atoms with E-state index in [0.717, 1.165) is 22.6 Å². The highest BCUT2D eigenvalue weighted by Gasteiger charge is 2.32. The largest absolute Gasteiger partial charge is 0.444 e. The molecular weight excluding hydrogens is 408 g/mol. The van der Waals surface area contributed by atoms with Gasteiger partial charge in [0.15, 0.2) is 0 Å². The van der Waals surface area contributed by atoms with Gasteiger partial charge in [-0.15, -0.1) is 11.8 Å². The highest BCUT2D eigenvalue weighted by atomic mass is 32.2. The van der Waals surface area contributed by atoms with Crippen molar-refractivity contribution in [2.24, 2.45) is 0 Å². The van der Waals surface area contributed by atoms with E-state index in [0.29, 0.717) is 6.42 Å². The van der Waals surface area contributed by atoms with Gasteiger partial charge in [-0.25, -0.2) is 4.79 Å². The SMILES string of the molecule is CCSc1ccc(CC(=O)Nc2ccc(C(C)(C)N(C)C(=O)OC(C)(C)C)cc2)cc1. The third-order valence-corrected chi connectivity index (χ3v) is 5.87. The number of carbonyl (C=O) groups excluding carboxylic acids is 2. The predicted molar refractivity (Wildman–Crippen MR) is 129 cm³/mol. The summed E-state index contributed by atoms with van der Waals surface area (Å²) in [5, 5.41) is 2.94. The number of anilines is 1. The van der Waals surface area contributed by atoms with E-state index in [1.54, 1.807) is 23.7 Å². The Kier molecular flexibility index (Phi) is 8.18. The number of ether oxygens (including phenoxy) is 1. The normalized spacial score (nSPS) is 11.7. The number of hydrogen-bond donors (Lipinski definition) is 1. The monoisotopic (exact) mass is 442 g/mol. The molecule has 168 valence electrons. The lowest BCUT2D eigenvalue weighted by molar-refractivity contribution is -0.115. The molecule has 2 aromatic rings. The van der Waals surface area contributed by atoms with Crippen LogP contribution in [0.5, 0.6) is 0 Å². The average Bonchev–Trinajstić information content (AvgIpc) is 2.68. The second kappa shape index (κ2) is 10.2. The molecule has 2 amide bonds. The fraction of sp³-hybridized carbons (Fsp3) is 0.440. The molecule has 0 radical (unpaired) electrons. The molecule has 2 rings (SSSR count). The minimum atomic E-state index is -0.566. The summed E-state index contributed by atoms with van der Waals surface area (Å²) < 4.78 is 5.49. The zero-order valence-corrected chi connectivity index (χ0v) is 20.4. The van der Waals surface area contributed by atoms with Crippen molar-refractivity contribution in [3.8, 4) is 0 Å². The fourth-order valence-corrected chi connectivity index (χ4v) is 3.64. The van der Waals surface area contributed by atoms with Crippen molar-refractivity contribution in [3.05, 3.63) is 59.7 Å². The van der Waals surface area contributed by atoms with Crippen LogP contribution in [0.2, 0.25) is 0 Å². The van der Waals surface area contributed by atoms with Gasteiger partial charge >= 0.3 is 6.09 Å². The molecule has 0 bridgehead atoms. The Bertz CT molecular complexity index is 884. The molecule has 5 nitrogen and oxygen atoms in total. The minimum absolute atomic E-state index is 0.0613. The van der Waals surface area contributed by atoms with Crippen LogP contribution in [0.3, 0.4) is 0 Å². The van der Waals surface area contributed by atoms with Crippen molar-refractivity contribution in [2.75, 3.05) is 18.1 Å². The van der Waals surface area contributed by atoms with Gasteiger partial charge in [0, 0.05) is 17.6 Å². The van der Waals surface area contributed by atoms with Crippen LogP contribution < -0.4 is 5.32 Å². The number of rotatable bonds is 7. The molecule has 0 heterocycles. The summed E-state index contributed by atoms with van der Waals surface area (Å²) in [6.07, 6.45) is -0.0515. The van der Waals surface area contributed by atoms with E-state index in [4.69, 9.17) is 4.74 Å². The van der Waals surface area contributed by atoms with Crippen molar-refractivity contribution >= 4 is 29.4 Å². The predicted octanol–water partition coefficient (Wildman–Crippen LogP) is 6.08. The first-order valence-electron chi connectivity index (χ1n) is 10.5. The molecule has 6 heteroatoms. The van der Waals surface area contributed by atoms with E-state index in [2.05, 4.69) is 24.4 Å². The summed E-state index contributed by atoms with van der Waals surface area (Å²) >= 11 is 1.78. The zero-order chi connectivity index (χ0) is 23.2. The lowest BCUT2D eigenvalue weighted by atomic mass is 9.92. The average molecular weight is 443 g/mol. The third-order valence-electron chi connectivity index (χ3n) is 4.98. The lowest BCUT2D eigenvalue weighted by Crippen LogP contribution is -2.45. The van der Waals surface area contributed by atoms with Crippen LogP contribution in [0.15, 0.2) is 53.4 Å². The van der Waals surface area contributed by atoms with Gasteiger partial charge in [-0.3, -0.25) is 4.79 Å². The highest BCUT2D eigenvalue weighted by molar-refractivity contribution is 7.99. The molecule has 31 heavy (non-hydrogen) atoms. The van der Waals surface area contributed by atoms with E-state index < -0.39 is 11.1 Å². The maximum Gasteiger partial charge on any atom is 0.410 e. The molecule has 0 atom stereocenters. The first kappa shape index (κ1) is 24.8. The maximum atomic E-state index is 12.5. The van der Waals surface area contributed by atoms with Gasteiger partial charge in [0.05, 0.1) is 12.0 Å². The summed E-state index contributed by atoms with van der Waals surface area (Å²) in [5.74, 6) is 0.967. The highest BCUT2D eigenvalue weighted by Crippen LogP contribution is 2.29. The van der Waals surface area contributed by atoms with Gasteiger partial charge in [-0.2, -0.15) is 0 Å². The fourth-order valence-electron chi connectivity index (χ4n) is 2.97. The quantitative estimate of drug-likeness (QED) is 0.528. The van der Waals surface area contributed by atoms with Gasteiger partial charge in [0.25, 0.3) is 0 Å². The lowest BCUT2D eigenvalue weighted by Gasteiger charge is -2.37. The van der Waals surface area contributed by atoms with E-state index >= 15 is 0 Å². The molecule has 0 unspecified atom stereocenters. The van der Waals surface area contributed by atoms with Gasteiger partial charge < -0.3 is 15.0 Å². The first-order chi connectivity index (χ1) is 14.4. The van der Waals surface area contributed by atoms with Gasteiger partial charge in [-0.05, 0) is 75.8 Å². The molecule has 0 aliphatic rings. The Morgan fingerprint density at radius 1 is 0.968 bits per heavy atom. The Morgan fingerprint density at radius 2 is 1.55 bits per heavy atom. The molecule has 0 saturated heterocycles. The summed E-state index contributed by atoms with van der Waals surface area (Å²) in [6, 6.07) is 15.7. The number of thioether (sulfide) groups is 1. The number of carbonyl (C=O) groups is 2. The van der Waals surface area contributed by atoms with Gasteiger partial charge in [0.2, 0.25) is 5.91 Å². The van der Waals surface area contributed by atoms with Crippen LogP contribution in [0.4, 0.5) is 10.5 Å². The van der Waals surface area contributed by atoms with Gasteiger partial charge in [-0.1, -0.05) is 31.2 Å². The second-order valence-corrected chi connectivity index (χ2v) is 10.3. The van der Waals surface area contributed by atoms with E-state index in [1.807, 2.05) is 71.0 Å². The molecule has 0 aliphatic carbocycles. The summed E-state index contributed by atoms with van der Waals surface area (Å²) in [4.78, 5) is 27.7. The third kappa shape index (κ3) is 7.31. The number of nitrogens with one attached hydrogen (secondary N) is 1. The topological polar surface area (TPSA) is 58.6 Å². The molecule has 0 aliphatic heterocycles. The van der Waals surface area contributed by atoms with Crippen molar-refractivity contribution in [1.29, 1.82) is 0 Å². The first-order valence-corrected chi connectivity index (χ1v) is 11.5. The van der Waals surface area contributed by atoms with Crippen molar-refractivity contribution in [3.63, 3.8) is 0 Å². The summed E-state index contributed by atoms with van der Waals surface area (Å²) in [5.41, 5.74) is 1.54. The number of benzene rings is 2. The second-order valence-electron chi connectivity index (χ2n) is 8.98. The number of hydrogen-bond acceptors (Lipinski definition) is 4. The van der Waals surface area contributed by atoms with E-state index in [1.165, 1.54) is 4.90 Å². The van der Waals surface area contributed by atoms with Crippen LogP contribution in [-0.4, -0.2) is 35.3 Å². The molecule has 1 N–H and O–H groups in total. The Morgan fingerprint density at radius 3 is 2.06 bits per heavy atom. The van der Waals surface area contributed by atoms with Crippen molar-refractivity contribution in [1.82, 2.24) is 4.90 Å². The number of amides is 2. The smallest absolute Gasteiger partial charge is 0.410 e. The maximum absolute atomic E-state index is 12.5. The molecule has 0 aromatic heterocycles. The van der Waals surface area contributed by atoms with Crippen LogP contribution in [0, 0.1) is 0 Å². The van der Waals surface area contributed by atoms with Crippen molar-refractivity contribution in [2.45, 2.75) is 64.0 Å². The van der Waals surface area contributed by atoms with Crippen LogP contribution >= 0.6 is 11.8 Å². The Balaban J connectivity index is 2.00. The standard InChI is InChI=1S/C25H34N2O3S/c1-8-31-21-15-9-18(10-16-21)17-22(28)26-20-13-11-19(12-14-20)25(5,6)27(7)23(29)30-24(2,3)4/h9-16H,8,17H2,1-7H3,(H,26,28). The number of nitrogens with zero attached hydrogens (tertiary/aromatic N) is 1. The Hall–Kier alpha value is -2.47. The van der Waals surface area contributed by atoms with E-state index in [9.17, 15) is 9.59 Å². The molecular formula is C25H34N2O3S. The molecule has 2 aromatic carbocycles. The Labute approximate surface area is 190 Å². The molecule has 0 spiro atoms. The molecule has 0 saturated carbocycles. The van der Waals surface area contributed by atoms with E-state index in [-0.39, 0.29) is 12.0 Å². The van der Waals surface area contributed by atoms with Crippen LogP contribution in [-0.2, 0) is 21.5 Å². The van der Waals surface area contributed by atoms with Crippen LogP contribution in [0.1, 0.15) is 52.7 Å². The molecule has 0 fully saturated rings. The summed E-state index contributed by atoms with van der Waals surface area (Å²) in [7, 11) is 1.73. The van der Waals surface area contributed by atoms with Crippen LogP contribution in [0.25, 0.3) is 0 Å². The summed E-state index contributed by atoms with van der Waals surface area (Å²) in [6.45, 7) is 11.6. The zero-order valence-electron chi connectivity index (χ0n) is 19.6. The van der Waals surface area contributed by atoms with Gasteiger partial charge in [0.1, 0.15) is 5.60 Å².